The molecule has 0 aliphatic carbocycles. The molecule has 1 amide bonds. The summed E-state index contributed by atoms with van der Waals surface area (Å²) in [6, 6.07) is 0. The molecule has 5 heteroatoms. The van der Waals surface area contributed by atoms with E-state index >= 15 is 0 Å². The zero-order chi connectivity index (χ0) is 11.7. The summed E-state index contributed by atoms with van der Waals surface area (Å²) in [5.41, 5.74) is 9.23. The van der Waals surface area contributed by atoms with Crippen molar-refractivity contribution in [3.8, 4) is 11.1 Å². The molecule has 0 aliphatic heterocycles. The van der Waals surface area contributed by atoms with Gasteiger partial charge in [0.25, 0.3) is 5.91 Å². The van der Waals surface area contributed by atoms with E-state index < -0.39 is 5.91 Å². The van der Waals surface area contributed by atoms with Crippen molar-refractivity contribution < 1.29 is 4.79 Å². The van der Waals surface area contributed by atoms with Crippen molar-refractivity contribution in [1.82, 2.24) is 15.2 Å². The number of pyridine rings is 1. The maximum Gasteiger partial charge on any atom is 0.267 e. The van der Waals surface area contributed by atoms with Crippen molar-refractivity contribution in [3.63, 3.8) is 0 Å². The molecule has 16 heavy (non-hydrogen) atoms. The highest BCUT2D eigenvalue weighted by Gasteiger charge is 2.14. The fourth-order valence-electron chi connectivity index (χ4n) is 1.82. The first-order chi connectivity index (χ1) is 7.61. The van der Waals surface area contributed by atoms with Gasteiger partial charge in [0.15, 0.2) is 0 Å². The second-order valence-electron chi connectivity index (χ2n) is 3.64. The number of aromatic nitrogens is 3. The van der Waals surface area contributed by atoms with Crippen molar-refractivity contribution in [3.05, 3.63) is 35.4 Å². The van der Waals surface area contributed by atoms with Crippen LogP contribution in [0.5, 0.6) is 0 Å². The van der Waals surface area contributed by atoms with E-state index in [0.717, 1.165) is 22.3 Å². The molecule has 0 saturated carbocycles. The van der Waals surface area contributed by atoms with Gasteiger partial charge in [-0.1, -0.05) is 0 Å². The fourth-order valence-corrected chi connectivity index (χ4v) is 1.82. The van der Waals surface area contributed by atoms with Crippen LogP contribution in [0.25, 0.3) is 11.1 Å². The Hall–Kier alpha value is -2.17. The first-order valence-corrected chi connectivity index (χ1v) is 4.86. The van der Waals surface area contributed by atoms with Gasteiger partial charge < -0.3 is 5.73 Å². The van der Waals surface area contributed by atoms with E-state index in [4.69, 9.17) is 5.73 Å². The summed E-state index contributed by atoms with van der Waals surface area (Å²) in [5, 5.41) is 6.64. The zero-order valence-electron chi connectivity index (χ0n) is 9.11. The smallest absolute Gasteiger partial charge is 0.267 e. The van der Waals surface area contributed by atoms with Crippen LogP contribution >= 0.6 is 0 Å². The predicted molar refractivity (Wildman–Crippen MR) is 59.8 cm³/mol. The molecule has 0 spiro atoms. The Bertz CT molecular complexity index is 531. The van der Waals surface area contributed by atoms with Gasteiger partial charge in [-0.15, -0.1) is 0 Å². The van der Waals surface area contributed by atoms with Gasteiger partial charge in [-0.05, 0) is 30.5 Å². The van der Waals surface area contributed by atoms with Crippen molar-refractivity contribution >= 4 is 5.91 Å². The van der Waals surface area contributed by atoms with Crippen molar-refractivity contribution in [2.24, 2.45) is 5.73 Å². The molecule has 0 fully saturated rings. The topological polar surface area (TPSA) is 84.7 Å². The number of aromatic amines is 1. The molecule has 2 aromatic rings. The Labute approximate surface area is 92.7 Å². The summed E-state index contributed by atoms with van der Waals surface area (Å²) in [7, 11) is 0. The number of nitrogens with one attached hydrogen (secondary N) is 1. The number of nitrogens with zero attached hydrogens (tertiary/aromatic N) is 2. The number of hydrogen-bond acceptors (Lipinski definition) is 3. The monoisotopic (exact) mass is 216 g/mol. The normalized spacial score (nSPS) is 10.4. The van der Waals surface area contributed by atoms with Crippen LogP contribution in [0.3, 0.4) is 0 Å². The van der Waals surface area contributed by atoms with Crippen molar-refractivity contribution in [2.75, 3.05) is 0 Å². The average Bonchev–Trinajstić information content (AvgIpc) is 2.70. The number of nitrogens with two attached hydrogens (primary N) is 1. The summed E-state index contributed by atoms with van der Waals surface area (Å²) < 4.78 is 0. The summed E-state index contributed by atoms with van der Waals surface area (Å²) in [4.78, 5) is 15.2. The fraction of sp³-hybridized carbons (Fsp3) is 0.182. The highest BCUT2D eigenvalue weighted by atomic mass is 16.1. The van der Waals surface area contributed by atoms with Gasteiger partial charge in [0.2, 0.25) is 0 Å². The van der Waals surface area contributed by atoms with Crippen LogP contribution in [0.1, 0.15) is 21.6 Å². The molecule has 2 rings (SSSR count). The van der Waals surface area contributed by atoms with Crippen LogP contribution in [0.4, 0.5) is 0 Å². The molecule has 0 atom stereocenters. The van der Waals surface area contributed by atoms with Crippen LogP contribution in [-0.4, -0.2) is 21.1 Å². The summed E-state index contributed by atoms with van der Waals surface area (Å²) in [5.74, 6) is -0.512. The standard InChI is InChI=1S/C11H12N4O/c1-6-3-13-10(11(12)16)7(2)9(6)8-4-14-15-5-8/h3-5H,1-2H3,(H2,12,16)(H,14,15). The maximum absolute atomic E-state index is 11.2. The van der Waals surface area contributed by atoms with Gasteiger partial charge in [-0.25, -0.2) is 0 Å². The molecular formula is C11H12N4O. The van der Waals surface area contributed by atoms with E-state index in [0.29, 0.717) is 5.69 Å². The molecule has 82 valence electrons. The van der Waals surface area contributed by atoms with Gasteiger partial charge in [0.1, 0.15) is 5.69 Å². The van der Waals surface area contributed by atoms with Gasteiger partial charge in [0.05, 0.1) is 6.20 Å². The van der Waals surface area contributed by atoms with Crippen molar-refractivity contribution in [1.29, 1.82) is 0 Å². The van der Waals surface area contributed by atoms with Crippen molar-refractivity contribution in [2.45, 2.75) is 13.8 Å². The molecule has 0 bridgehead atoms. The van der Waals surface area contributed by atoms with Gasteiger partial charge in [-0.3, -0.25) is 14.9 Å². The molecule has 0 radical (unpaired) electrons. The summed E-state index contributed by atoms with van der Waals surface area (Å²) in [6.45, 7) is 3.77. The van der Waals surface area contributed by atoms with Gasteiger partial charge in [-0.2, -0.15) is 5.10 Å². The predicted octanol–water partition coefficient (Wildman–Crippen LogP) is 1.19. The number of rotatable bonds is 2. The molecule has 0 unspecified atom stereocenters. The number of hydrogen-bond donors (Lipinski definition) is 2. The molecule has 0 saturated heterocycles. The average molecular weight is 216 g/mol. The Morgan fingerprint density at radius 3 is 2.69 bits per heavy atom. The Morgan fingerprint density at radius 1 is 1.38 bits per heavy atom. The number of carbonyl (C=O) groups is 1. The molecule has 5 nitrogen and oxygen atoms in total. The van der Waals surface area contributed by atoms with E-state index in [1.54, 1.807) is 18.6 Å². The van der Waals surface area contributed by atoms with E-state index in [1.165, 1.54) is 0 Å². The molecule has 0 aromatic carbocycles. The lowest BCUT2D eigenvalue weighted by Crippen LogP contribution is -2.15. The summed E-state index contributed by atoms with van der Waals surface area (Å²) in [6.07, 6.45) is 5.13. The van der Waals surface area contributed by atoms with E-state index in [2.05, 4.69) is 15.2 Å². The maximum atomic E-state index is 11.2. The number of aryl methyl sites for hydroxylation is 1. The van der Waals surface area contributed by atoms with E-state index in [-0.39, 0.29) is 0 Å². The number of H-pyrrole nitrogens is 1. The van der Waals surface area contributed by atoms with Crippen LogP contribution < -0.4 is 5.73 Å². The van der Waals surface area contributed by atoms with E-state index in [1.807, 2.05) is 13.8 Å². The number of carbonyl (C=O) groups excluding carboxylic acids is 1. The third-order valence-electron chi connectivity index (χ3n) is 2.53. The lowest BCUT2D eigenvalue weighted by molar-refractivity contribution is 0.0995. The highest BCUT2D eigenvalue weighted by molar-refractivity contribution is 5.94. The Balaban J connectivity index is 2.69. The van der Waals surface area contributed by atoms with Crippen LogP contribution in [0, 0.1) is 13.8 Å². The first-order valence-electron chi connectivity index (χ1n) is 4.86. The lowest BCUT2D eigenvalue weighted by Gasteiger charge is -2.09. The van der Waals surface area contributed by atoms with Crippen LogP contribution in [-0.2, 0) is 0 Å². The second-order valence-corrected chi connectivity index (χ2v) is 3.64. The minimum absolute atomic E-state index is 0.307. The highest BCUT2D eigenvalue weighted by Crippen LogP contribution is 2.27. The zero-order valence-corrected chi connectivity index (χ0v) is 9.11. The Morgan fingerprint density at radius 2 is 2.12 bits per heavy atom. The van der Waals surface area contributed by atoms with E-state index in [9.17, 15) is 4.79 Å². The largest absolute Gasteiger partial charge is 0.364 e. The molecule has 0 aliphatic rings. The minimum Gasteiger partial charge on any atom is -0.364 e. The third-order valence-corrected chi connectivity index (χ3v) is 2.53. The summed E-state index contributed by atoms with van der Waals surface area (Å²) >= 11 is 0. The molecule has 3 N–H and O–H groups in total. The van der Waals surface area contributed by atoms with Crippen LogP contribution in [0.15, 0.2) is 18.6 Å². The quantitative estimate of drug-likeness (QED) is 0.790. The minimum atomic E-state index is -0.512. The number of primary amides is 1. The molecule has 2 aromatic heterocycles. The third kappa shape index (κ3) is 1.56. The van der Waals surface area contributed by atoms with Gasteiger partial charge >= 0.3 is 0 Å². The van der Waals surface area contributed by atoms with Crippen LogP contribution in [0.2, 0.25) is 0 Å². The first kappa shape index (κ1) is 10.4. The van der Waals surface area contributed by atoms with Gasteiger partial charge in [0, 0.05) is 18.0 Å². The second kappa shape index (κ2) is 3.77. The SMILES string of the molecule is Cc1cnc(C(N)=O)c(C)c1-c1cn[nH]c1. The molecule has 2 heterocycles. The molecular weight excluding hydrogens is 204 g/mol. The Kier molecular flexibility index (Phi) is 2.44. The number of amides is 1. The lowest BCUT2D eigenvalue weighted by atomic mass is 9.98.